The largest absolute Gasteiger partial charge is 0.455 e. The monoisotopic (exact) mass is 448 g/mol. The van der Waals surface area contributed by atoms with Crippen LogP contribution in [-0.4, -0.2) is 29.6 Å². The number of carbonyl (C=O) groups excluding carboxylic acids is 1. The van der Waals surface area contributed by atoms with Crippen LogP contribution in [0.4, 0.5) is 5.69 Å². The van der Waals surface area contributed by atoms with E-state index in [9.17, 15) is 14.9 Å². The number of amides is 1. The van der Waals surface area contributed by atoms with E-state index < -0.39 is 4.92 Å². The lowest BCUT2D eigenvalue weighted by atomic mass is 9.95. The first kappa shape index (κ1) is 20.2. The van der Waals surface area contributed by atoms with Crippen LogP contribution in [0.2, 0.25) is 0 Å². The third-order valence-corrected chi connectivity index (χ3v) is 5.08. The van der Waals surface area contributed by atoms with Gasteiger partial charge in [-0.1, -0.05) is 35.2 Å². The average Bonchev–Trinajstić information content (AvgIpc) is 3.16. The highest BCUT2D eigenvalue weighted by atomic mass is 79.9. The molecule has 2 N–H and O–H groups in total. The maximum Gasteiger partial charge on any atom is 0.281 e. The summed E-state index contributed by atoms with van der Waals surface area (Å²) in [5, 5.41) is 18.4. The van der Waals surface area contributed by atoms with Crippen molar-refractivity contribution in [2.75, 3.05) is 6.54 Å². The molecule has 28 heavy (non-hydrogen) atoms. The number of furan rings is 1. The Morgan fingerprint density at radius 2 is 2.07 bits per heavy atom. The van der Waals surface area contributed by atoms with Crippen molar-refractivity contribution in [2.45, 2.75) is 38.1 Å². The number of nitro benzene ring substituents is 1. The first-order valence-electron chi connectivity index (χ1n) is 9.12. The summed E-state index contributed by atoms with van der Waals surface area (Å²) in [4.78, 5) is 22.6. The van der Waals surface area contributed by atoms with E-state index in [1.807, 2.05) is 0 Å². The molecule has 0 unspecified atom stereocenters. The SMILES string of the molecule is O=C(CNC1CCCCC1)N/N=C\c1ccc(-c2ccc(Br)cc2[N+](=O)[O-])o1. The second-order valence-corrected chi connectivity index (χ2v) is 7.55. The molecule has 1 aromatic heterocycles. The van der Waals surface area contributed by atoms with E-state index in [2.05, 4.69) is 31.8 Å². The number of carbonyl (C=O) groups is 1. The minimum Gasteiger partial charge on any atom is -0.455 e. The fraction of sp³-hybridized carbons (Fsp3) is 0.368. The summed E-state index contributed by atoms with van der Waals surface area (Å²) in [6.07, 6.45) is 7.25. The molecule has 2 aromatic rings. The second-order valence-electron chi connectivity index (χ2n) is 6.63. The van der Waals surface area contributed by atoms with Crippen LogP contribution < -0.4 is 10.7 Å². The number of rotatable bonds is 7. The van der Waals surface area contributed by atoms with Crippen molar-refractivity contribution in [3.8, 4) is 11.3 Å². The number of hydrazone groups is 1. The molecule has 148 valence electrons. The van der Waals surface area contributed by atoms with Gasteiger partial charge < -0.3 is 9.73 Å². The summed E-state index contributed by atoms with van der Waals surface area (Å²) in [5.74, 6) is 0.510. The quantitative estimate of drug-likeness (QED) is 0.377. The molecule has 0 aliphatic heterocycles. The molecule has 3 rings (SSSR count). The maximum atomic E-state index is 11.9. The van der Waals surface area contributed by atoms with Gasteiger partial charge in [0.2, 0.25) is 0 Å². The Morgan fingerprint density at radius 3 is 2.82 bits per heavy atom. The Hall–Kier alpha value is -2.52. The molecule has 1 fully saturated rings. The molecule has 0 radical (unpaired) electrons. The van der Waals surface area contributed by atoms with Crippen LogP contribution in [0.25, 0.3) is 11.3 Å². The molecular formula is C19H21BrN4O4. The predicted molar refractivity (Wildman–Crippen MR) is 109 cm³/mol. The summed E-state index contributed by atoms with van der Waals surface area (Å²) in [6, 6.07) is 8.41. The van der Waals surface area contributed by atoms with Crippen LogP contribution in [0.15, 0.2) is 44.3 Å². The van der Waals surface area contributed by atoms with Crippen molar-refractivity contribution in [1.82, 2.24) is 10.7 Å². The Morgan fingerprint density at radius 1 is 1.29 bits per heavy atom. The van der Waals surface area contributed by atoms with E-state index in [1.165, 1.54) is 31.5 Å². The molecular weight excluding hydrogens is 428 g/mol. The standard InChI is InChI=1S/C19H21BrN4O4/c20-13-6-8-16(17(10-13)24(26)27)18-9-7-15(28-18)11-22-23-19(25)12-21-14-4-2-1-3-5-14/h6-11,14,21H,1-5,12H2,(H,23,25)/b22-11-. The van der Waals surface area contributed by atoms with Gasteiger partial charge >= 0.3 is 0 Å². The molecule has 1 heterocycles. The summed E-state index contributed by atoms with van der Waals surface area (Å²) in [5.41, 5.74) is 2.76. The number of halogens is 1. The molecule has 1 aliphatic carbocycles. The molecule has 0 bridgehead atoms. The van der Waals surface area contributed by atoms with Crippen molar-refractivity contribution in [2.24, 2.45) is 5.10 Å². The van der Waals surface area contributed by atoms with Gasteiger partial charge in [-0.3, -0.25) is 14.9 Å². The molecule has 0 saturated heterocycles. The topological polar surface area (TPSA) is 110 Å². The minimum absolute atomic E-state index is 0.0608. The van der Waals surface area contributed by atoms with E-state index in [0.717, 1.165) is 12.8 Å². The van der Waals surface area contributed by atoms with Crippen LogP contribution in [0.1, 0.15) is 37.9 Å². The van der Waals surface area contributed by atoms with E-state index in [-0.39, 0.29) is 18.1 Å². The van der Waals surface area contributed by atoms with Crippen molar-refractivity contribution in [1.29, 1.82) is 0 Å². The zero-order valence-electron chi connectivity index (χ0n) is 15.2. The van der Waals surface area contributed by atoms with Crippen molar-refractivity contribution in [3.05, 3.63) is 50.7 Å². The highest BCUT2D eigenvalue weighted by molar-refractivity contribution is 9.10. The molecule has 0 atom stereocenters. The Bertz CT molecular complexity index is 875. The highest BCUT2D eigenvalue weighted by Crippen LogP contribution is 2.33. The van der Waals surface area contributed by atoms with Crippen LogP contribution in [0.3, 0.4) is 0 Å². The molecule has 9 heteroatoms. The van der Waals surface area contributed by atoms with Gasteiger partial charge in [0.05, 0.1) is 23.2 Å². The van der Waals surface area contributed by atoms with Gasteiger partial charge in [0.25, 0.3) is 11.6 Å². The predicted octanol–water partition coefficient (Wildman–Crippen LogP) is 3.99. The second kappa shape index (κ2) is 9.61. The van der Waals surface area contributed by atoms with Gasteiger partial charge in [-0.25, -0.2) is 5.43 Å². The van der Waals surface area contributed by atoms with Gasteiger partial charge in [0.15, 0.2) is 0 Å². The summed E-state index contributed by atoms with van der Waals surface area (Å²) >= 11 is 3.23. The Labute approximate surface area is 170 Å². The molecule has 1 aromatic carbocycles. The zero-order chi connectivity index (χ0) is 19.9. The van der Waals surface area contributed by atoms with Gasteiger partial charge in [0.1, 0.15) is 11.5 Å². The summed E-state index contributed by atoms with van der Waals surface area (Å²) in [7, 11) is 0. The van der Waals surface area contributed by atoms with E-state index in [4.69, 9.17) is 4.42 Å². The van der Waals surface area contributed by atoms with E-state index >= 15 is 0 Å². The first-order valence-corrected chi connectivity index (χ1v) is 9.91. The number of hydrogen-bond acceptors (Lipinski definition) is 6. The lowest BCUT2D eigenvalue weighted by Gasteiger charge is -2.22. The van der Waals surface area contributed by atoms with Crippen LogP contribution in [0.5, 0.6) is 0 Å². The molecule has 0 spiro atoms. The van der Waals surface area contributed by atoms with Gasteiger partial charge in [-0.15, -0.1) is 0 Å². The lowest BCUT2D eigenvalue weighted by Crippen LogP contribution is -2.38. The molecule has 1 aliphatic rings. The van der Waals surface area contributed by atoms with Crippen molar-refractivity contribution < 1.29 is 14.1 Å². The van der Waals surface area contributed by atoms with Crippen LogP contribution in [0, 0.1) is 10.1 Å². The van der Waals surface area contributed by atoms with Crippen LogP contribution in [-0.2, 0) is 4.79 Å². The third-order valence-electron chi connectivity index (χ3n) is 4.59. The zero-order valence-corrected chi connectivity index (χ0v) is 16.8. The minimum atomic E-state index is -0.462. The van der Waals surface area contributed by atoms with E-state index in [1.54, 1.807) is 24.3 Å². The average molecular weight is 449 g/mol. The van der Waals surface area contributed by atoms with Crippen LogP contribution >= 0.6 is 15.9 Å². The molecule has 1 amide bonds. The number of nitrogens with zero attached hydrogens (tertiary/aromatic N) is 2. The third kappa shape index (κ3) is 5.49. The molecule has 1 saturated carbocycles. The van der Waals surface area contributed by atoms with Gasteiger partial charge in [-0.2, -0.15) is 5.10 Å². The number of benzene rings is 1. The summed E-state index contributed by atoms with van der Waals surface area (Å²) < 4.78 is 6.21. The number of hydrogen-bond donors (Lipinski definition) is 2. The number of nitrogens with one attached hydrogen (secondary N) is 2. The van der Waals surface area contributed by atoms with Crippen molar-refractivity contribution in [3.63, 3.8) is 0 Å². The normalized spacial score (nSPS) is 15.0. The maximum absolute atomic E-state index is 11.9. The Kier molecular flexibility index (Phi) is 6.94. The summed E-state index contributed by atoms with van der Waals surface area (Å²) in [6.45, 7) is 0.219. The fourth-order valence-corrected chi connectivity index (χ4v) is 3.53. The first-order chi connectivity index (χ1) is 13.5. The fourth-order valence-electron chi connectivity index (χ4n) is 3.18. The Balaban J connectivity index is 1.56. The highest BCUT2D eigenvalue weighted by Gasteiger charge is 2.18. The lowest BCUT2D eigenvalue weighted by molar-refractivity contribution is -0.384. The smallest absolute Gasteiger partial charge is 0.281 e. The van der Waals surface area contributed by atoms with Gasteiger partial charge in [-0.05, 0) is 37.1 Å². The van der Waals surface area contributed by atoms with Crippen molar-refractivity contribution >= 4 is 33.7 Å². The molecule has 8 nitrogen and oxygen atoms in total. The van der Waals surface area contributed by atoms with E-state index in [0.29, 0.717) is 27.6 Å². The number of nitro groups is 1. The van der Waals surface area contributed by atoms with Gasteiger partial charge in [0, 0.05) is 16.6 Å².